The summed E-state index contributed by atoms with van der Waals surface area (Å²) in [6.45, 7) is 5.64. The molecule has 2 aromatic carbocycles. The van der Waals surface area contributed by atoms with Crippen LogP contribution in [0.2, 0.25) is 0 Å². The van der Waals surface area contributed by atoms with Crippen molar-refractivity contribution in [3.05, 3.63) is 77.1 Å². The quantitative estimate of drug-likeness (QED) is 0.619. The molecule has 2 heterocycles. The van der Waals surface area contributed by atoms with Gasteiger partial charge in [0.2, 0.25) is 0 Å². The number of ether oxygens (including phenoxy) is 1. The molecule has 1 N–H and O–H groups in total. The summed E-state index contributed by atoms with van der Waals surface area (Å²) in [6.07, 6.45) is 1.98. The number of nitrogens with one attached hydrogen (secondary N) is 1. The molecule has 7 heteroatoms. The number of fused-ring (bicyclic) bond motifs is 1. The van der Waals surface area contributed by atoms with E-state index in [-0.39, 0.29) is 11.3 Å². The van der Waals surface area contributed by atoms with Gasteiger partial charge in [-0.25, -0.2) is 8.78 Å². The molecule has 0 saturated heterocycles. The molecular formula is C24H20F2N2O3. The Kier molecular flexibility index (Phi) is 5.05. The van der Waals surface area contributed by atoms with Crippen LogP contribution in [0.4, 0.5) is 14.5 Å². The van der Waals surface area contributed by atoms with E-state index >= 15 is 0 Å². The van der Waals surface area contributed by atoms with E-state index in [1.807, 2.05) is 32.9 Å². The van der Waals surface area contributed by atoms with Gasteiger partial charge in [0.1, 0.15) is 17.0 Å². The Balaban J connectivity index is 1.61. The van der Waals surface area contributed by atoms with Gasteiger partial charge >= 0.3 is 0 Å². The van der Waals surface area contributed by atoms with E-state index in [0.29, 0.717) is 17.7 Å². The van der Waals surface area contributed by atoms with Crippen molar-refractivity contribution >= 4 is 17.4 Å². The Morgan fingerprint density at radius 3 is 2.35 bits per heavy atom. The van der Waals surface area contributed by atoms with Crippen LogP contribution in [0.15, 0.2) is 48.8 Å². The van der Waals surface area contributed by atoms with Gasteiger partial charge in [0.25, 0.3) is 5.91 Å². The molecule has 0 aliphatic carbocycles. The molecule has 0 spiro atoms. The maximum Gasteiger partial charge on any atom is 0.255 e. The molecule has 0 unspecified atom stereocenters. The maximum atomic E-state index is 13.7. The van der Waals surface area contributed by atoms with Gasteiger partial charge in [0.15, 0.2) is 17.4 Å². The van der Waals surface area contributed by atoms with E-state index in [1.54, 1.807) is 24.3 Å². The lowest BCUT2D eigenvalue weighted by Gasteiger charge is -2.32. The smallest absolute Gasteiger partial charge is 0.255 e. The Hall–Kier alpha value is -3.61. The Bertz CT molecular complexity index is 1180. The van der Waals surface area contributed by atoms with Crippen molar-refractivity contribution in [2.45, 2.75) is 32.8 Å². The van der Waals surface area contributed by atoms with Gasteiger partial charge in [-0.2, -0.15) is 0 Å². The molecule has 1 amide bonds. The molecular weight excluding hydrogens is 402 g/mol. The molecule has 0 radical (unpaired) electrons. The first kappa shape index (κ1) is 20.7. The number of carbonyl (C=O) groups excluding carboxylic acids is 2. The number of aryl methyl sites for hydroxylation is 1. The van der Waals surface area contributed by atoms with Crippen molar-refractivity contribution < 1.29 is 23.1 Å². The Morgan fingerprint density at radius 1 is 1.06 bits per heavy atom. The lowest BCUT2D eigenvalue weighted by Crippen LogP contribution is -2.35. The highest BCUT2D eigenvalue weighted by Gasteiger charge is 2.33. The van der Waals surface area contributed by atoms with Crippen LogP contribution in [0.25, 0.3) is 11.1 Å². The number of pyridine rings is 1. The second kappa shape index (κ2) is 7.58. The van der Waals surface area contributed by atoms with Crippen molar-refractivity contribution in [3.8, 4) is 16.9 Å². The van der Waals surface area contributed by atoms with Crippen LogP contribution >= 0.6 is 0 Å². The van der Waals surface area contributed by atoms with Gasteiger partial charge in [-0.1, -0.05) is 12.1 Å². The van der Waals surface area contributed by atoms with Crippen LogP contribution in [-0.2, 0) is 0 Å². The fourth-order valence-corrected chi connectivity index (χ4v) is 3.63. The molecule has 0 bridgehead atoms. The van der Waals surface area contributed by atoms with Crippen LogP contribution in [0.5, 0.6) is 5.75 Å². The van der Waals surface area contributed by atoms with Crippen molar-refractivity contribution in [1.82, 2.24) is 4.98 Å². The Morgan fingerprint density at radius 2 is 1.71 bits per heavy atom. The summed E-state index contributed by atoms with van der Waals surface area (Å²) in [6, 6.07) is 10.3. The Labute approximate surface area is 178 Å². The third-order valence-electron chi connectivity index (χ3n) is 5.15. The summed E-state index contributed by atoms with van der Waals surface area (Å²) in [4.78, 5) is 28.2. The zero-order valence-corrected chi connectivity index (χ0v) is 17.3. The standard InChI is InChI=1S/C24H20F2N2O3/c1-13-8-17-20(29)10-24(2,3)31-21(17)9-16(13)14-4-6-15(7-5-14)23(30)28-22-18(25)11-27-12-19(22)26/h4-9,11-12H,10H2,1-3H3,(H,27,28,30). The van der Waals surface area contributed by atoms with Crippen molar-refractivity contribution in [2.75, 3.05) is 5.32 Å². The van der Waals surface area contributed by atoms with Gasteiger partial charge in [0, 0.05) is 5.56 Å². The number of anilines is 1. The van der Waals surface area contributed by atoms with Crippen LogP contribution in [-0.4, -0.2) is 22.3 Å². The van der Waals surface area contributed by atoms with Gasteiger partial charge < -0.3 is 10.1 Å². The number of hydrogen-bond acceptors (Lipinski definition) is 4. The molecule has 5 nitrogen and oxygen atoms in total. The number of ketones is 1. The number of rotatable bonds is 3. The summed E-state index contributed by atoms with van der Waals surface area (Å²) in [5.74, 6) is -1.97. The van der Waals surface area contributed by atoms with Crippen molar-refractivity contribution in [1.29, 1.82) is 0 Å². The second-order valence-electron chi connectivity index (χ2n) is 8.13. The molecule has 31 heavy (non-hydrogen) atoms. The normalized spacial score (nSPS) is 14.5. The number of Topliss-reactive ketones (excluding diaryl/α,β-unsaturated/α-hetero) is 1. The SMILES string of the molecule is Cc1cc2c(cc1-c1ccc(C(=O)Nc3c(F)cncc3F)cc1)OC(C)(C)CC2=O. The summed E-state index contributed by atoms with van der Waals surface area (Å²) in [5.41, 5.74) is 2.27. The first-order valence-electron chi connectivity index (χ1n) is 9.72. The highest BCUT2D eigenvalue weighted by atomic mass is 19.1. The third-order valence-corrected chi connectivity index (χ3v) is 5.15. The minimum Gasteiger partial charge on any atom is -0.487 e. The summed E-state index contributed by atoms with van der Waals surface area (Å²) < 4.78 is 33.4. The maximum absolute atomic E-state index is 13.7. The highest BCUT2D eigenvalue weighted by Crippen LogP contribution is 2.38. The van der Waals surface area contributed by atoms with Gasteiger partial charge in [-0.05, 0) is 61.7 Å². The number of carbonyl (C=O) groups is 2. The third kappa shape index (κ3) is 4.03. The van der Waals surface area contributed by atoms with Crippen LogP contribution in [0.3, 0.4) is 0 Å². The number of benzene rings is 2. The molecule has 0 atom stereocenters. The zero-order chi connectivity index (χ0) is 22.3. The summed E-state index contributed by atoms with van der Waals surface area (Å²) in [7, 11) is 0. The average molecular weight is 422 g/mol. The second-order valence-corrected chi connectivity index (χ2v) is 8.13. The summed E-state index contributed by atoms with van der Waals surface area (Å²) >= 11 is 0. The van der Waals surface area contributed by atoms with Crippen LogP contribution in [0.1, 0.15) is 46.5 Å². The monoisotopic (exact) mass is 422 g/mol. The van der Waals surface area contributed by atoms with E-state index in [9.17, 15) is 18.4 Å². The number of aromatic nitrogens is 1. The van der Waals surface area contributed by atoms with Crippen LogP contribution < -0.4 is 10.1 Å². The zero-order valence-electron chi connectivity index (χ0n) is 17.3. The predicted octanol–water partition coefficient (Wildman–Crippen LogP) is 5.33. The van der Waals surface area contributed by atoms with Gasteiger partial charge in [0.05, 0.1) is 24.4 Å². The number of amides is 1. The van der Waals surface area contributed by atoms with E-state index in [1.165, 1.54) is 0 Å². The first-order chi connectivity index (χ1) is 14.6. The molecule has 1 aliphatic rings. The minimum atomic E-state index is -0.952. The fraction of sp³-hybridized carbons (Fsp3) is 0.208. The largest absolute Gasteiger partial charge is 0.487 e. The van der Waals surface area contributed by atoms with Crippen molar-refractivity contribution in [2.24, 2.45) is 0 Å². The lowest BCUT2D eigenvalue weighted by molar-refractivity contribution is 0.0620. The van der Waals surface area contributed by atoms with E-state index in [0.717, 1.165) is 29.1 Å². The van der Waals surface area contributed by atoms with Crippen LogP contribution in [0, 0.1) is 18.6 Å². The van der Waals surface area contributed by atoms with E-state index < -0.39 is 28.8 Å². The molecule has 0 saturated carbocycles. The number of halogens is 2. The molecule has 3 aromatic rings. The fourth-order valence-electron chi connectivity index (χ4n) is 3.63. The number of nitrogens with zero attached hydrogens (tertiary/aromatic N) is 1. The summed E-state index contributed by atoms with van der Waals surface area (Å²) in [5, 5.41) is 2.23. The molecule has 1 aliphatic heterocycles. The molecule has 4 rings (SSSR count). The predicted molar refractivity (Wildman–Crippen MR) is 112 cm³/mol. The van der Waals surface area contributed by atoms with E-state index in [4.69, 9.17) is 4.74 Å². The highest BCUT2D eigenvalue weighted by molar-refractivity contribution is 6.05. The molecule has 158 valence electrons. The van der Waals surface area contributed by atoms with Gasteiger partial charge in [-0.3, -0.25) is 14.6 Å². The van der Waals surface area contributed by atoms with E-state index in [2.05, 4.69) is 10.3 Å². The number of hydrogen-bond donors (Lipinski definition) is 1. The van der Waals surface area contributed by atoms with Crippen molar-refractivity contribution in [3.63, 3.8) is 0 Å². The minimum absolute atomic E-state index is 0.0449. The van der Waals surface area contributed by atoms with Gasteiger partial charge in [-0.15, -0.1) is 0 Å². The average Bonchev–Trinajstić information content (AvgIpc) is 2.70. The molecule has 0 fully saturated rings. The lowest BCUT2D eigenvalue weighted by atomic mass is 9.89. The molecule has 1 aromatic heterocycles. The first-order valence-corrected chi connectivity index (χ1v) is 9.72. The topological polar surface area (TPSA) is 68.3 Å².